The van der Waals surface area contributed by atoms with E-state index in [1.165, 1.54) is 6.07 Å². The lowest BCUT2D eigenvalue weighted by Crippen LogP contribution is -2.48. The number of hydrogen-bond acceptors (Lipinski definition) is 3. The molecule has 1 amide bonds. The van der Waals surface area contributed by atoms with Crippen molar-refractivity contribution in [1.82, 2.24) is 10.6 Å². The van der Waals surface area contributed by atoms with Gasteiger partial charge in [-0.15, -0.1) is 12.4 Å². The second-order valence-corrected chi connectivity index (χ2v) is 4.49. The smallest absolute Gasteiger partial charge is 0.387 e. The molecule has 4 nitrogen and oxygen atoms in total. The third-order valence-corrected chi connectivity index (χ3v) is 2.99. The molecule has 1 aliphatic heterocycles. The molecule has 1 aromatic rings. The number of para-hydroxylation sites is 1. The number of carbonyl (C=O) groups excluding carboxylic acids is 1. The van der Waals surface area contributed by atoms with E-state index < -0.39 is 6.61 Å². The predicted molar refractivity (Wildman–Crippen MR) is 73.4 cm³/mol. The minimum Gasteiger partial charge on any atom is -0.435 e. The Morgan fingerprint density at radius 1 is 1.40 bits per heavy atom. The van der Waals surface area contributed by atoms with Gasteiger partial charge in [-0.05, 0) is 6.07 Å². The second kappa shape index (κ2) is 8.01. The molecule has 0 radical (unpaired) electrons. The van der Waals surface area contributed by atoms with Crippen LogP contribution in [0.4, 0.5) is 8.78 Å². The van der Waals surface area contributed by atoms with E-state index in [0.717, 1.165) is 13.1 Å². The minimum atomic E-state index is -2.88. The maximum Gasteiger partial charge on any atom is 0.387 e. The zero-order valence-electron chi connectivity index (χ0n) is 10.8. The van der Waals surface area contributed by atoms with Gasteiger partial charge in [-0.3, -0.25) is 4.79 Å². The number of rotatable bonds is 6. The molecule has 0 unspecified atom stereocenters. The zero-order valence-corrected chi connectivity index (χ0v) is 11.6. The molecule has 0 aliphatic carbocycles. The molecule has 1 aliphatic rings. The summed E-state index contributed by atoms with van der Waals surface area (Å²) in [7, 11) is 0. The van der Waals surface area contributed by atoms with Gasteiger partial charge in [-0.1, -0.05) is 18.2 Å². The summed E-state index contributed by atoms with van der Waals surface area (Å²) in [6.45, 7) is -0.453. The SMILES string of the molecule is Cl.O=C(Cc1ccccc1OC(F)F)NCC1CNC1. The minimum absolute atomic E-state index is 0. The summed E-state index contributed by atoms with van der Waals surface area (Å²) in [5.74, 6) is 0.340. The van der Waals surface area contributed by atoms with Crippen molar-refractivity contribution in [1.29, 1.82) is 0 Å². The summed E-state index contributed by atoms with van der Waals surface area (Å²) < 4.78 is 28.8. The average molecular weight is 307 g/mol. The van der Waals surface area contributed by atoms with Crippen LogP contribution >= 0.6 is 12.4 Å². The predicted octanol–water partition coefficient (Wildman–Crippen LogP) is 1.59. The summed E-state index contributed by atoms with van der Waals surface area (Å²) in [5.41, 5.74) is 0.465. The van der Waals surface area contributed by atoms with Gasteiger partial charge in [-0.2, -0.15) is 8.78 Å². The zero-order chi connectivity index (χ0) is 13.7. The van der Waals surface area contributed by atoms with E-state index in [1.54, 1.807) is 18.2 Å². The van der Waals surface area contributed by atoms with Crippen LogP contribution in [0.1, 0.15) is 5.56 Å². The molecule has 2 rings (SSSR count). The van der Waals surface area contributed by atoms with Gasteiger partial charge in [0.15, 0.2) is 0 Å². The Hall–Kier alpha value is -1.40. The molecular weight excluding hydrogens is 290 g/mol. The molecule has 2 N–H and O–H groups in total. The average Bonchev–Trinajstić information content (AvgIpc) is 2.29. The lowest BCUT2D eigenvalue weighted by atomic mass is 10.0. The Morgan fingerprint density at radius 3 is 2.70 bits per heavy atom. The van der Waals surface area contributed by atoms with Crippen molar-refractivity contribution in [3.63, 3.8) is 0 Å². The number of alkyl halides is 2. The van der Waals surface area contributed by atoms with Crippen molar-refractivity contribution in [3.8, 4) is 5.75 Å². The van der Waals surface area contributed by atoms with Crippen LogP contribution in [0.25, 0.3) is 0 Å². The maximum absolute atomic E-state index is 12.2. The van der Waals surface area contributed by atoms with E-state index in [-0.39, 0.29) is 30.5 Å². The fourth-order valence-electron chi connectivity index (χ4n) is 1.85. The summed E-state index contributed by atoms with van der Waals surface area (Å²) in [6, 6.07) is 6.34. The van der Waals surface area contributed by atoms with Gasteiger partial charge < -0.3 is 15.4 Å². The monoisotopic (exact) mass is 306 g/mol. The molecule has 7 heteroatoms. The summed E-state index contributed by atoms with van der Waals surface area (Å²) >= 11 is 0. The third-order valence-electron chi connectivity index (χ3n) is 2.99. The first-order chi connectivity index (χ1) is 9.15. The van der Waals surface area contributed by atoms with E-state index in [2.05, 4.69) is 15.4 Å². The Bertz CT molecular complexity index is 442. The van der Waals surface area contributed by atoms with Crippen molar-refractivity contribution in [2.45, 2.75) is 13.0 Å². The molecular formula is C13H17ClF2N2O2. The van der Waals surface area contributed by atoms with Gasteiger partial charge in [0.1, 0.15) is 5.75 Å². The first-order valence-electron chi connectivity index (χ1n) is 6.15. The Kier molecular flexibility index (Phi) is 6.67. The van der Waals surface area contributed by atoms with Gasteiger partial charge in [0.2, 0.25) is 5.91 Å². The highest BCUT2D eigenvalue weighted by atomic mass is 35.5. The van der Waals surface area contributed by atoms with Crippen LogP contribution in [0.5, 0.6) is 5.75 Å². The van der Waals surface area contributed by atoms with Crippen LogP contribution in [-0.4, -0.2) is 32.2 Å². The number of benzene rings is 1. The Labute approximate surface area is 122 Å². The first kappa shape index (κ1) is 16.7. The molecule has 0 spiro atoms. The number of amides is 1. The maximum atomic E-state index is 12.2. The molecule has 0 atom stereocenters. The third kappa shape index (κ3) is 4.94. The van der Waals surface area contributed by atoms with Crippen LogP contribution in [0, 0.1) is 5.92 Å². The first-order valence-corrected chi connectivity index (χ1v) is 6.15. The number of carbonyl (C=O) groups is 1. The van der Waals surface area contributed by atoms with Crippen molar-refractivity contribution in [2.24, 2.45) is 5.92 Å². The van der Waals surface area contributed by atoms with Crippen LogP contribution in [0.3, 0.4) is 0 Å². The van der Waals surface area contributed by atoms with Crippen molar-refractivity contribution < 1.29 is 18.3 Å². The van der Waals surface area contributed by atoms with Crippen molar-refractivity contribution in [2.75, 3.05) is 19.6 Å². The van der Waals surface area contributed by atoms with Gasteiger partial charge >= 0.3 is 6.61 Å². The molecule has 1 aromatic carbocycles. The Morgan fingerprint density at radius 2 is 2.10 bits per heavy atom. The quantitative estimate of drug-likeness (QED) is 0.839. The highest BCUT2D eigenvalue weighted by Gasteiger charge is 2.18. The fraction of sp³-hybridized carbons (Fsp3) is 0.462. The van der Waals surface area contributed by atoms with Gasteiger partial charge in [0.25, 0.3) is 0 Å². The highest BCUT2D eigenvalue weighted by molar-refractivity contribution is 5.85. The molecule has 20 heavy (non-hydrogen) atoms. The highest BCUT2D eigenvalue weighted by Crippen LogP contribution is 2.20. The largest absolute Gasteiger partial charge is 0.435 e. The van der Waals surface area contributed by atoms with E-state index in [4.69, 9.17) is 0 Å². The normalized spacial score (nSPS) is 14.3. The lowest BCUT2D eigenvalue weighted by Gasteiger charge is -2.27. The molecule has 1 heterocycles. The van der Waals surface area contributed by atoms with E-state index in [1.807, 2.05) is 0 Å². The number of hydrogen-bond donors (Lipinski definition) is 2. The number of nitrogens with one attached hydrogen (secondary N) is 2. The Balaban J connectivity index is 0.00000200. The molecule has 1 saturated heterocycles. The summed E-state index contributed by atoms with van der Waals surface area (Å²) in [6.07, 6.45) is 0.0447. The van der Waals surface area contributed by atoms with Gasteiger partial charge in [0.05, 0.1) is 6.42 Å². The molecule has 0 aromatic heterocycles. The molecule has 112 valence electrons. The van der Waals surface area contributed by atoms with Crippen LogP contribution < -0.4 is 15.4 Å². The lowest BCUT2D eigenvalue weighted by molar-refractivity contribution is -0.120. The topological polar surface area (TPSA) is 50.4 Å². The van der Waals surface area contributed by atoms with Crippen LogP contribution in [0.2, 0.25) is 0 Å². The van der Waals surface area contributed by atoms with Crippen molar-refractivity contribution in [3.05, 3.63) is 29.8 Å². The van der Waals surface area contributed by atoms with E-state index >= 15 is 0 Å². The molecule has 0 saturated carbocycles. The van der Waals surface area contributed by atoms with Gasteiger partial charge in [-0.25, -0.2) is 0 Å². The van der Waals surface area contributed by atoms with Crippen molar-refractivity contribution >= 4 is 18.3 Å². The van der Waals surface area contributed by atoms with Gasteiger partial charge in [0, 0.05) is 31.1 Å². The van der Waals surface area contributed by atoms with Crippen LogP contribution in [-0.2, 0) is 11.2 Å². The standard InChI is InChI=1S/C13H16F2N2O2.ClH/c14-13(15)19-11-4-2-1-3-10(11)5-12(18)17-8-9-6-16-7-9;/h1-4,9,13,16H,5-8H2,(H,17,18);1H. The molecule has 1 fully saturated rings. The summed E-state index contributed by atoms with van der Waals surface area (Å²) in [5, 5.41) is 5.90. The number of ether oxygens (including phenoxy) is 1. The molecule has 0 bridgehead atoms. The van der Waals surface area contributed by atoms with E-state index in [9.17, 15) is 13.6 Å². The fourth-order valence-corrected chi connectivity index (χ4v) is 1.85. The van der Waals surface area contributed by atoms with Crippen LogP contribution in [0.15, 0.2) is 24.3 Å². The van der Waals surface area contributed by atoms with E-state index in [0.29, 0.717) is 18.0 Å². The second-order valence-electron chi connectivity index (χ2n) is 4.49. The number of halogens is 3. The summed E-state index contributed by atoms with van der Waals surface area (Å²) in [4.78, 5) is 11.7.